The minimum Gasteiger partial charge on any atom is -0.493 e. The molecule has 0 spiro atoms. The largest absolute Gasteiger partial charge is 0.493 e. The minimum absolute atomic E-state index is 0.589. The molecule has 0 unspecified atom stereocenters. The third-order valence-electron chi connectivity index (χ3n) is 3.83. The molecule has 0 atom stereocenters. The van der Waals surface area contributed by atoms with Crippen LogP contribution in [0.5, 0.6) is 17.2 Å². The van der Waals surface area contributed by atoms with Gasteiger partial charge in [0.1, 0.15) is 0 Å². The number of rotatable bonds is 4. The van der Waals surface area contributed by atoms with Crippen LogP contribution in [0, 0.1) is 0 Å². The predicted molar refractivity (Wildman–Crippen MR) is 91.8 cm³/mol. The summed E-state index contributed by atoms with van der Waals surface area (Å²) in [6, 6.07) is 11.9. The summed E-state index contributed by atoms with van der Waals surface area (Å²) in [5, 5.41) is 3.40. The van der Waals surface area contributed by atoms with Crippen molar-refractivity contribution < 1.29 is 14.2 Å². The number of methoxy groups -OCH3 is 3. The van der Waals surface area contributed by atoms with Crippen LogP contribution < -0.4 is 19.5 Å². The molecule has 0 saturated carbocycles. The summed E-state index contributed by atoms with van der Waals surface area (Å²) in [4.78, 5) is 4.82. The second kappa shape index (κ2) is 6.60. The first-order valence-corrected chi connectivity index (χ1v) is 7.47. The standard InChI is InChI=1S/C18H20N2O3/c1-21-16-10-12(11-17(22-2)18(16)23-3)13-8-9-19-14-6-4-5-7-15(14)20-13/h4-7,10-11,19H,8-9H2,1-3H3. The van der Waals surface area contributed by atoms with Crippen LogP contribution in [0.3, 0.4) is 0 Å². The third-order valence-corrected chi connectivity index (χ3v) is 3.83. The quantitative estimate of drug-likeness (QED) is 0.936. The van der Waals surface area contributed by atoms with E-state index >= 15 is 0 Å². The van der Waals surface area contributed by atoms with Crippen molar-refractivity contribution in [1.82, 2.24) is 0 Å². The van der Waals surface area contributed by atoms with Gasteiger partial charge in [0, 0.05) is 18.5 Å². The number of aliphatic imine (C=N–C) groups is 1. The van der Waals surface area contributed by atoms with Gasteiger partial charge < -0.3 is 19.5 Å². The maximum absolute atomic E-state index is 5.44. The number of ether oxygens (including phenoxy) is 3. The lowest BCUT2D eigenvalue weighted by Crippen LogP contribution is -2.08. The molecule has 23 heavy (non-hydrogen) atoms. The van der Waals surface area contributed by atoms with Crippen LogP contribution in [0.15, 0.2) is 41.4 Å². The molecule has 2 aromatic carbocycles. The van der Waals surface area contributed by atoms with Crippen LogP contribution in [-0.4, -0.2) is 33.6 Å². The van der Waals surface area contributed by atoms with Gasteiger partial charge in [0.25, 0.3) is 0 Å². The van der Waals surface area contributed by atoms with E-state index in [4.69, 9.17) is 19.2 Å². The average molecular weight is 312 g/mol. The Balaban J connectivity index is 2.09. The van der Waals surface area contributed by atoms with E-state index in [1.807, 2.05) is 36.4 Å². The molecule has 1 heterocycles. The third kappa shape index (κ3) is 2.95. The highest BCUT2D eigenvalue weighted by molar-refractivity contribution is 6.04. The van der Waals surface area contributed by atoms with E-state index in [0.717, 1.165) is 35.6 Å². The van der Waals surface area contributed by atoms with Crippen molar-refractivity contribution in [3.8, 4) is 17.2 Å². The zero-order valence-corrected chi connectivity index (χ0v) is 13.6. The highest BCUT2D eigenvalue weighted by Gasteiger charge is 2.17. The highest BCUT2D eigenvalue weighted by atomic mass is 16.5. The van der Waals surface area contributed by atoms with Crippen LogP contribution in [0.2, 0.25) is 0 Å². The summed E-state index contributed by atoms with van der Waals surface area (Å²) in [6.07, 6.45) is 0.813. The molecule has 0 aromatic heterocycles. The van der Waals surface area contributed by atoms with Crippen LogP contribution >= 0.6 is 0 Å². The lowest BCUT2D eigenvalue weighted by molar-refractivity contribution is 0.324. The molecule has 0 bridgehead atoms. The number of para-hydroxylation sites is 2. The molecule has 1 N–H and O–H groups in total. The van der Waals surface area contributed by atoms with Gasteiger partial charge >= 0.3 is 0 Å². The van der Waals surface area contributed by atoms with Gasteiger partial charge in [0.05, 0.1) is 38.4 Å². The van der Waals surface area contributed by atoms with E-state index in [9.17, 15) is 0 Å². The van der Waals surface area contributed by atoms with E-state index < -0.39 is 0 Å². The molecule has 1 aliphatic heterocycles. The Bertz CT molecular complexity index is 716. The maximum Gasteiger partial charge on any atom is 0.203 e. The SMILES string of the molecule is COc1cc(C2=Nc3ccccc3NCC2)cc(OC)c1OC. The number of nitrogens with one attached hydrogen (secondary N) is 1. The first-order valence-electron chi connectivity index (χ1n) is 7.47. The van der Waals surface area contributed by atoms with Gasteiger partial charge in [-0.1, -0.05) is 12.1 Å². The van der Waals surface area contributed by atoms with Crippen molar-refractivity contribution in [3.05, 3.63) is 42.0 Å². The van der Waals surface area contributed by atoms with Gasteiger partial charge in [-0.05, 0) is 24.3 Å². The molecular formula is C18H20N2O3. The molecule has 120 valence electrons. The van der Waals surface area contributed by atoms with Gasteiger partial charge in [-0.3, -0.25) is 4.99 Å². The Morgan fingerprint density at radius 3 is 2.30 bits per heavy atom. The number of anilines is 1. The summed E-state index contributed by atoms with van der Waals surface area (Å²) in [7, 11) is 4.84. The van der Waals surface area contributed by atoms with Gasteiger partial charge in [0.15, 0.2) is 11.5 Å². The van der Waals surface area contributed by atoms with Crippen molar-refractivity contribution in [2.24, 2.45) is 4.99 Å². The Morgan fingerprint density at radius 2 is 1.65 bits per heavy atom. The lowest BCUT2D eigenvalue weighted by Gasteiger charge is -2.14. The molecular weight excluding hydrogens is 292 g/mol. The summed E-state index contributed by atoms with van der Waals surface area (Å²) < 4.78 is 16.2. The fraction of sp³-hybridized carbons (Fsp3) is 0.278. The minimum atomic E-state index is 0.589. The molecule has 3 rings (SSSR count). The monoisotopic (exact) mass is 312 g/mol. The van der Waals surface area contributed by atoms with Crippen molar-refractivity contribution in [2.75, 3.05) is 33.2 Å². The van der Waals surface area contributed by atoms with Crippen molar-refractivity contribution in [2.45, 2.75) is 6.42 Å². The number of fused-ring (bicyclic) bond motifs is 1. The van der Waals surface area contributed by atoms with E-state index in [2.05, 4.69) is 5.32 Å². The smallest absolute Gasteiger partial charge is 0.203 e. The van der Waals surface area contributed by atoms with Gasteiger partial charge in [-0.15, -0.1) is 0 Å². The normalized spacial score (nSPS) is 13.3. The van der Waals surface area contributed by atoms with E-state index in [-0.39, 0.29) is 0 Å². The van der Waals surface area contributed by atoms with Crippen molar-refractivity contribution in [3.63, 3.8) is 0 Å². The molecule has 0 radical (unpaired) electrons. The molecule has 0 fully saturated rings. The van der Waals surface area contributed by atoms with Gasteiger partial charge in [-0.2, -0.15) is 0 Å². The fourth-order valence-electron chi connectivity index (χ4n) is 2.69. The van der Waals surface area contributed by atoms with E-state index in [0.29, 0.717) is 17.2 Å². The topological polar surface area (TPSA) is 52.1 Å². The molecule has 1 aliphatic rings. The van der Waals surface area contributed by atoms with E-state index in [1.165, 1.54) is 0 Å². The predicted octanol–water partition coefficient (Wildman–Crippen LogP) is 3.65. The van der Waals surface area contributed by atoms with Crippen LogP contribution in [0.1, 0.15) is 12.0 Å². The maximum atomic E-state index is 5.44. The average Bonchev–Trinajstić information content (AvgIpc) is 2.82. The first kappa shape index (κ1) is 15.2. The molecule has 0 amide bonds. The van der Waals surface area contributed by atoms with Gasteiger partial charge in [0.2, 0.25) is 5.75 Å². The first-order chi connectivity index (χ1) is 11.3. The summed E-state index contributed by atoms with van der Waals surface area (Å²) in [5.74, 6) is 1.86. The van der Waals surface area contributed by atoms with Gasteiger partial charge in [-0.25, -0.2) is 0 Å². The van der Waals surface area contributed by atoms with Crippen molar-refractivity contribution in [1.29, 1.82) is 0 Å². The summed E-state index contributed by atoms with van der Waals surface area (Å²) >= 11 is 0. The second-order valence-electron chi connectivity index (χ2n) is 5.17. The number of hydrogen-bond acceptors (Lipinski definition) is 5. The second-order valence-corrected chi connectivity index (χ2v) is 5.17. The Hall–Kier alpha value is -2.69. The highest BCUT2D eigenvalue weighted by Crippen LogP contribution is 2.39. The fourth-order valence-corrected chi connectivity index (χ4v) is 2.69. The van der Waals surface area contributed by atoms with Crippen LogP contribution in [-0.2, 0) is 0 Å². The van der Waals surface area contributed by atoms with Crippen LogP contribution in [0.4, 0.5) is 11.4 Å². The molecule has 2 aromatic rings. The van der Waals surface area contributed by atoms with E-state index in [1.54, 1.807) is 21.3 Å². The lowest BCUT2D eigenvalue weighted by atomic mass is 10.1. The Morgan fingerprint density at radius 1 is 0.957 bits per heavy atom. The molecule has 0 saturated heterocycles. The molecule has 5 heteroatoms. The number of hydrogen-bond donors (Lipinski definition) is 1. The van der Waals surface area contributed by atoms with Crippen molar-refractivity contribution >= 4 is 17.1 Å². The molecule has 0 aliphatic carbocycles. The zero-order chi connectivity index (χ0) is 16.2. The van der Waals surface area contributed by atoms with Crippen LogP contribution in [0.25, 0.3) is 0 Å². The zero-order valence-electron chi connectivity index (χ0n) is 13.6. The Labute approximate surface area is 135 Å². The Kier molecular flexibility index (Phi) is 4.37. The summed E-state index contributed by atoms with van der Waals surface area (Å²) in [6.45, 7) is 0.826. The summed E-state index contributed by atoms with van der Waals surface area (Å²) in [5.41, 5.74) is 3.95. The number of benzene rings is 2. The molecule has 5 nitrogen and oxygen atoms in total. The number of nitrogens with zero attached hydrogens (tertiary/aromatic N) is 1.